The van der Waals surface area contributed by atoms with Gasteiger partial charge in [-0.2, -0.15) is 0 Å². The average molecular weight is 406 g/mol. The summed E-state index contributed by atoms with van der Waals surface area (Å²) >= 11 is 4.00. The summed E-state index contributed by atoms with van der Waals surface area (Å²) < 4.78 is 16.7. The van der Waals surface area contributed by atoms with Gasteiger partial charge in [0.2, 0.25) is 0 Å². The lowest BCUT2D eigenvalue weighted by atomic mass is 9.94. The second kappa shape index (κ2) is 7.36. The van der Waals surface area contributed by atoms with Crippen LogP contribution in [0.1, 0.15) is 40.3 Å². The lowest BCUT2D eigenvalue weighted by Crippen LogP contribution is -2.21. The number of amides is 1. The summed E-state index contributed by atoms with van der Waals surface area (Å²) in [6.07, 6.45) is 3.15. The van der Waals surface area contributed by atoms with Gasteiger partial charge in [-0.15, -0.1) is 23.5 Å². The summed E-state index contributed by atoms with van der Waals surface area (Å²) in [4.78, 5) is 13.0. The van der Waals surface area contributed by atoms with E-state index in [1.807, 2.05) is 30.4 Å². The second-order valence-electron chi connectivity index (χ2n) is 6.68. The number of furan rings is 1. The molecule has 4 rings (SSSR count). The van der Waals surface area contributed by atoms with Crippen molar-refractivity contribution in [2.75, 3.05) is 31.0 Å². The molecule has 0 saturated carbocycles. The number of hydrogen-bond donors (Lipinski definition) is 1. The van der Waals surface area contributed by atoms with E-state index in [2.05, 4.69) is 5.32 Å². The molecule has 5 nitrogen and oxygen atoms in total. The molecule has 1 amide bonds. The van der Waals surface area contributed by atoms with E-state index in [0.29, 0.717) is 22.9 Å². The Morgan fingerprint density at radius 2 is 2.00 bits per heavy atom. The highest BCUT2D eigenvalue weighted by Gasteiger charge is 2.45. The van der Waals surface area contributed by atoms with Crippen LogP contribution in [0.2, 0.25) is 0 Å². The number of fused-ring (bicyclic) bond motifs is 2. The number of rotatable bonds is 4. The van der Waals surface area contributed by atoms with Gasteiger partial charge in [-0.25, -0.2) is 0 Å². The fraction of sp³-hybridized carbons (Fsp3) is 0.450. The van der Waals surface area contributed by atoms with Gasteiger partial charge in [-0.1, -0.05) is 0 Å². The van der Waals surface area contributed by atoms with E-state index in [1.165, 1.54) is 5.56 Å². The van der Waals surface area contributed by atoms with Crippen molar-refractivity contribution in [2.24, 2.45) is 0 Å². The molecule has 1 spiro atoms. The fourth-order valence-electron chi connectivity index (χ4n) is 3.90. The van der Waals surface area contributed by atoms with E-state index >= 15 is 0 Å². The zero-order valence-corrected chi connectivity index (χ0v) is 17.4. The van der Waals surface area contributed by atoms with Crippen molar-refractivity contribution in [1.82, 2.24) is 0 Å². The third kappa shape index (κ3) is 3.21. The summed E-state index contributed by atoms with van der Waals surface area (Å²) in [6.45, 7) is 2.01. The van der Waals surface area contributed by atoms with Crippen molar-refractivity contribution in [2.45, 2.75) is 30.3 Å². The molecule has 0 atom stereocenters. The van der Waals surface area contributed by atoms with Gasteiger partial charge in [0.25, 0.3) is 5.91 Å². The van der Waals surface area contributed by atoms with E-state index in [9.17, 15) is 4.79 Å². The van der Waals surface area contributed by atoms with Crippen LogP contribution in [0, 0.1) is 6.92 Å². The molecule has 0 bridgehead atoms. The Hall–Kier alpha value is -1.73. The third-order valence-electron chi connectivity index (χ3n) is 5.13. The first-order chi connectivity index (χ1) is 13.1. The van der Waals surface area contributed by atoms with Gasteiger partial charge >= 0.3 is 0 Å². The Bertz CT molecular complexity index is 871. The number of hydrogen-bond acceptors (Lipinski definition) is 6. The number of anilines is 1. The van der Waals surface area contributed by atoms with Crippen LogP contribution < -0.4 is 14.8 Å². The van der Waals surface area contributed by atoms with E-state index in [1.54, 1.807) is 32.4 Å². The molecule has 1 saturated heterocycles. The molecule has 1 aliphatic carbocycles. The maximum absolute atomic E-state index is 13.0. The summed E-state index contributed by atoms with van der Waals surface area (Å²) in [5.74, 6) is 4.67. The Kier molecular flexibility index (Phi) is 5.07. The van der Waals surface area contributed by atoms with Crippen molar-refractivity contribution in [3.63, 3.8) is 0 Å². The van der Waals surface area contributed by atoms with E-state index in [0.717, 1.165) is 42.1 Å². The summed E-state index contributed by atoms with van der Waals surface area (Å²) in [5.41, 5.74) is 2.81. The Labute approximate surface area is 167 Å². The number of methoxy groups -OCH3 is 2. The van der Waals surface area contributed by atoms with Crippen molar-refractivity contribution < 1.29 is 18.7 Å². The van der Waals surface area contributed by atoms with Gasteiger partial charge < -0.3 is 19.2 Å². The van der Waals surface area contributed by atoms with Gasteiger partial charge in [0.15, 0.2) is 5.76 Å². The van der Waals surface area contributed by atoms with Crippen LogP contribution in [0.25, 0.3) is 0 Å². The van der Waals surface area contributed by atoms with E-state index in [4.69, 9.17) is 13.9 Å². The van der Waals surface area contributed by atoms with Crippen LogP contribution in [-0.4, -0.2) is 31.6 Å². The zero-order valence-electron chi connectivity index (χ0n) is 15.7. The molecular formula is C20H23NO4S2. The first kappa shape index (κ1) is 18.6. The smallest absolute Gasteiger partial charge is 0.291 e. The predicted molar refractivity (Wildman–Crippen MR) is 110 cm³/mol. The van der Waals surface area contributed by atoms with E-state index < -0.39 is 0 Å². The number of aryl methyl sites for hydroxylation is 1. The third-order valence-corrected chi connectivity index (χ3v) is 8.66. The molecule has 0 radical (unpaired) electrons. The average Bonchev–Trinajstić information content (AvgIpc) is 3.28. The van der Waals surface area contributed by atoms with Gasteiger partial charge in [0.05, 0.1) is 24.0 Å². The number of ether oxygens (including phenoxy) is 2. The number of carbonyl (C=O) groups excluding carboxylic acids is 1. The second-order valence-corrected chi connectivity index (χ2v) is 9.72. The summed E-state index contributed by atoms with van der Waals surface area (Å²) in [5, 5.41) is 2.93. The summed E-state index contributed by atoms with van der Waals surface area (Å²) in [7, 11) is 3.16. The predicted octanol–water partition coefficient (Wildman–Crippen LogP) is 4.83. The van der Waals surface area contributed by atoms with Crippen molar-refractivity contribution in [3.8, 4) is 11.5 Å². The molecule has 1 N–H and O–H groups in total. The van der Waals surface area contributed by atoms with Gasteiger partial charge in [-0.05, 0) is 31.9 Å². The van der Waals surface area contributed by atoms with Crippen LogP contribution in [0.3, 0.4) is 0 Å². The summed E-state index contributed by atoms with van der Waals surface area (Å²) in [6, 6.07) is 5.31. The quantitative estimate of drug-likeness (QED) is 0.786. The molecule has 1 aromatic carbocycles. The molecule has 2 aromatic rings. The molecule has 2 aliphatic rings. The normalized spacial score (nSPS) is 17.6. The first-order valence-corrected chi connectivity index (χ1v) is 11.0. The molecule has 1 aromatic heterocycles. The standard InChI is InChI=1S/C20H23NO4S2/c1-12-17-15(5-4-8-20(17)26-9-10-27-20)25-18(12)19(22)21-14-7-6-13(23-2)11-16(14)24-3/h6-7,11H,4-5,8-10H2,1-3H3,(H,21,22). The maximum atomic E-state index is 13.0. The molecule has 144 valence electrons. The zero-order chi connectivity index (χ0) is 19.0. The minimum absolute atomic E-state index is 0.0670. The Morgan fingerprint density at radius 1 is 1.22 bits per heavy atom. The topological polar surface area (TPSA) is 60.7 Å². The van der Waals surface area contributed by atoms with Gasteiger partial charge in [-0.3, -0.25) is 4.79 Å². The minimum atomic E-state index is -0.242. The highest BCUT2D eigenvalue weighted by Crippen LogP contribution is 2.59. The molecular weight excluding hydrogens is 382 g/mol. The van der Waals surface area contributed by atoms with Crippen LogP contribution >= 0.6 is 23.5 Å². The van der Waals surface area contributed by atoms with Crippen molar-refractivity contribution in [1.29, 1.82) is 0 Å². The largest absolute Gasteiger partial charge is 0.497 e. The Morgan fingerprint density at radius 3 is 2.70 bits per heavy atom. The number of thioether (sulfide) groups is 2. The van der Waals surface area contributed by atoms with E-state index in [-0.39, 0.29) is 9.99 Å². The SMILES string of the molecule is COc1ccc(NC(=O)c2oc3c(c2C)C2(CCC3)SCCS2)c(OC)c1. The lowest BCUT2D eigenvalue weighted by molar-refractivity contribution is 0.0993. The molecule has 1 aliphatic heterocycles. The lowest BCUT2D eigenvalue weighted by Gasteiger charge is -2.31. The van der Waals surface area contributed by atoms with Crippen LogP contribution in [0.5, 0.6) is 11.5 Å². The monoisotopic (exact) mass is 405 g/mol. The van der Waals surface area contributed by atoms with Crippen molar-refractivity contribution >= 4 is 35.1 Å². The number of carbonyl (C=O) groups is 1. The molecule has 0 unspecified atom stereocenters. The minimum Gasteiger partial charge on any atom is -0.497 e. The van der Waals surface area contributed by atoms with Crippen LogP contribution in [-0.2, 0) is 10.5 Å². The fourth-order valence-corrected chi connectivity index (χ4v) is 7.45. The number of nitrogens with one attached hydrogen (secondary N) is 1. The highest BCUT2D eigenvalue weighted by molar-refractivity contribution is 8.20. The molecule has 2 heterocycles. The van der Waals surface area contributed by atoms with Crippen LogP contribution in [0.4, 0.5) is 5.69 Å². The van der Waals surface area contributed by atoms with Gasteiger partial charge in [0, 0.05) is 35.1 Å². The van der Waals surface area contributed by atoms with Crippen molar-refractivity contribution in [3.05, 3.63) is 40.8 Å². The molecule has 1 fully saturated rings. The molecule has 27 heavy (non-hydrogen) atoms. The highest BCUT2D eigenvalue weighted by atomic mass is 32.2. The Balaban J connectivity index is 1.65. The maximum Gasteiger partial charge on any atom is 0.291 e. The molecule has 7 heteroatoms. The first-order valence-electron chi connectivity index (χ1n) is 9.02. The number of benzene rings is 1. The van der Waals surface area contributed by atoms with Crippen LogP contribution in [0.15, 0.2) is 22.6 Å². The van der Waals surface area contributed by atoms with Gasteiger partial charge in [0.1, 0.15) is 17.3 Å².